The molecule has 1 rings (SSSR count). The van der Waals surface area contributed by atoms with E-state index in [1.54, 1.807) is 0 Å². The lowest BCUT2D eigenvalue weighted by Gasteiger charge is -2.45. The minimum Gasteiger partial charge on any atom is -0.311 e. The first-order chi connectivity index (χ1) is 7.10. The number of hydrogen-bond acceptors (Lipinski definition) is 2. The smallest absolute Gasteiger partial charge is 0.0330 e. The zero-order valence-electron chi connectivity index (χ0n) is 10.6. The number of nitrogens with zero attached hydrogens (tertiary/aromatic N) is 1. The first-order valence-corrected chi connectivity index (χ1v) is 6.10. The summed E-state index contributed by atoms with van der Waals surface area (Å²) >= 11 is 0. The first kappa shape index (κ1) is 12.7. The number of rotatable bonds is 5. The van der Waals surface area contributed by atoms with Gasteiger partial charge in [-0.1, -0.05) is 25.8 Å². The highest BCUT2D eigenvalue weighted by atomic mass is 15.2. The van der Waals surface area contributed by atoms with Gasteiger partial charge in [-0.2, -0.15) is 0 Å². The summed E-state index contributed by atoms with van der Waals surface area (Å²) in [5.74, 6) is 0.867. The van der Waals surface area contributed by atoms with Crippen LogP contribution in [0.4, 0.5) is 0 Å². The first-order valence-electron chi connectivity index (χ1n) is 6.10. The van der Waals surface area contributed by atoms with E-state index in [-0.39, 0.29) is 0 Å². The van der Waals surface area contributed by atoms with Crippen molar-refractivity contribution in [1.82, 2.24) is 10.2 Å². The van der Waals surface area contributed by atoms with E-state index < -0.39 is 0 Å². The summed E-state index contributed by atoms with van der Waals surface area (Å²) in [7, 11) is 4.43. The van der Waals surface area contributed by atoms with Gasteiger partial charge in [0.2, 0.25) is 0 Å². The molecular formula is C13H26N2. The van der Waals surface area contributed by atoms with Crippen molar-refractivity contribution in [3.05, 3.63) is 12.7 Å². The molecule has 1 N–H and O–H groups in total. The van der Waals surface area contributed by atoms with Crippen LogP contribution in [0.3, 0.4) is 0 Å². The second kappa shape index (κ2) is 5.66. The molecule has 0 aliphatic heterocycles. The van der Waals surface area contributed by atoms with E-state index in [9.17, 15) is 0 Å². The molecule has 0 aromatic rings. The van der Waals surface area contributed by atoms with Gasteiger partial charge in [0.05, 0.1) is 0 Å². The van der Waals surface area contributed by atoms with Gasteiger partial charge < -0.3 is 10.2 Å². The largest absolute Gasteiger partial charge is 0.311 e. The van der Waals surface area contributed by atoms with Crippen molar-refractivity contribution in [2.24, 2.45) is 5.92 Å². The Morgan fingerprint density at radius 2 is 2.27 bits per heavy atom. The van der Waals surface area contributed by atoms with Gasteiger partial charge in [-0.25, -0.2) is 0 Å². The highest BCUT2D eigenvalue weighted by molar-refractivity contribution is 4.95. The molecule has 88 valence electrons. The van der Waals surface area contributed by atoms with Gasteiger partial charge in [0.15, 0.2) is 0 Å². The molecule has 15 heavy (non-hydrogen) atoms. The van der Waals surface area contributed by atoms with E-state index in [0.717, 1.165) is 19.0 Å². The van der Waals surface area contributed by atoms with E-state index in [2.05, 4.69) is 37.8 Å². The van der Waals surface area contributed by atoms with Crippen LogP contribution in [0.5, 0.6) is 0 Å². The Hall–Kier alpha value is -0.340. The highest BCUT2D eigenvalue weighted by Crippen LogP contribution is 2.35. The Kier molecular flexibility index (Phi) is 4.81. The third-order valence-corrected chi connectivity index (χ3v) is 3.76. The Labute approximate surface area is 94.7 Å². The van der Waals surface area contributed by atoms with Crippen LogP contribution in [-0.4, -0.2) is 37.6 Å². The van der Waals surface area contributed by atoms with Crippen molar-refractivity contribution in [1.29, 1.82) is 0 Å². The Morgan fingerprint density at radius 3 is 2.80 bits per heavy atom. The molecule has 1 aliphatic rings. The molecule has 2 nitrogen and oxygen atoms in total. The zero-order chi connectivity index (χ0) is 11.3. The predicted octanol–water partition coefficient (Wildman–Crippen LogP) is 2.27. The molecule has 0 spiro atoms. The normalized spacial score (nSPS) is 31.9. The molecule has 1 fully saturated rings. The van der Waals surface area contributed by atoms with Crippen LogP contribution < -0.4 is 5.32 Å². The second-order valence-corrected chi connectivity index (χ2v) is 5.24. The van der Waals surface area contributed by atoms with Gasteiger partial charge in [0.1, 0.15) is 0 Å². The summed E-state index contributed by atoms with van der Waals surface area (Å²) in [6, 6.07) is 0. The molecule has 2 atom stereocenters. The molecule has 0 radical (unpaired) electrons. The Morgan fingerprint density at radius 1 is 1.53 bits per heavy atom. The third kappa shape index (κ3) is 3.32. The maximum Gasteiger partial charge on any atom is 0.0330 e. The standard InChI is InChI=1S/C13H26N2/c1-5-9-14-11-13(15(3)4)8-6-7-12(2)10-13/h5,12,14H,1,6-11H2,2-4H3. The van der Waals surface area contributed by atoms with Crippen LogP contribution in [0.25, 0.3) is 0 Å². The van der Waals surface area contributed by atoms with Gasteiger partial charge >= 0.3 is 0 Å². The number of hydrogen-bond donors (Lipinski definition) is 1. The van der Waals surface area contributed by atoms with Crippen LogP contribution in [-0.2, 0) is 0 Å². The lowest BCUT2D eigenvalue weighted by atomic mass is 9.75. The SMILES string of the molecule is C=CCNCC1(N(C)C)CCCC(C)C1. The van der Waals surface area contributed by atoms with E-state index in [1.807, 2.05) is 6.08 Å². The zero-order valence-corrected chi connectivity index (χ0v) is 10.6. The van der Waals surface area contributed by atoms with E-state index >= 15 is 0 Å². The molecular weight excluding hydrogens is 184 g/mol. The summed E-state index contributed by atoms with van der Waals surface area (Å²) in [5.41, 5.74) is 0.376. The van der Waals surface area contributed by atoms with Gasteiger partial charge in [0, 0.05) is 18.6 Å². The number of likely N-dealkylation sites (N-methyl/N-ethyl adjacent to an activating group) is 1. The lowest BCUT2D eigenvalue weighted by molar-refractivity contribution is 0.0763. The van der Waals surface area contributed by atoms with Gasteiger partial charge in [-0.3, -0.25) is 0 Å². The average Bonchev–Trinajstić information content (AvgIpc) is 2.18. The van der Waals surface area contributed by atoms with E-state index in [4.69, 9.17) is 0 Å². The van der Waals surface area contributed by atoms with Crippen LogP contribution in [0.1, 0.15) is 32.6 Å². The van der Waals surface area contributed by atoms with Crippen molar-refractivity contribution in [3.63, 3.8) is 0 Å². The maximum absolute atomic E-state index is 3.75. The maximum atomic E-state index is 3.75. The second-order valence-electron chi connectivity index (χ2n) is 5.24. The van der Waals surface area contributed by atoms with E-state index in [0.29, 0.717) is 5.54 Å². The topological polar surface area (TPSA) is 15.3 Å². The van der Waals surface area contributed by atoms with Crippen LogP contribution >= 0.6 is 0 Å². The lowest BCUT2D eigenvalue weighted by Crippen LogP contribution is -2.54. The molecule has 0 heterocycles. The van der Waals surface area contributed by atoms with Gasteiger partial charge in [0.25, 0.3) is 0 Å². The van der Waals surface area contributed by atoms with Crippen LogP contribution in [0.15, 0.2) is 12.7 Å². The molecule has 1 saturated carbocycles. The summed E-state index contributed by atoms with van der Waals surface area (Å²) in [6.07, 6.45) is 7.36. The molecule has 0 aromatic heterocycles. The van der Waals surface area contributed by atoms with Crippen LogP contribution in [0.2, 0.25) is 0 Å². The third-order valence-electron chi connectivity index (χ3n) is 3.76. The summed E-state index contributed by atoms with van der Waals surface area (Å²) < 4.78 is 0. The monoisotopic (exact) mass is 210 g/mol. The highest BCUT2D eigenvalue weighted by Gasteiger charge is 2.36. The van der Waals surface area contributed by atoms with Gasteiger partial charge in [-0.05, 0) is 32.9 Å². The Bertz CT molecular complexity index is 201. The van der Waals surface area contributed by atoms with Crippen molar-refractivity contribution in [3.8, 4) is 0 Å². The van der Waals surface area contributed by atoms with Gasteiger partial charge in [-0.15, -0.1) is 6.58 Å². The predicted molar refractivity (Wildman–Crippen MR) is 67.1 cm³/mol. The van der Waals surface area contributed by atoms with Crippen molar-refractivity contribution in [2.45, 2.75) is 38.1 Å². The summed E-state index contributed by atoms with van der Waals surface area (Å²) in [6.45, 7) is 8.14. The molecule has 0 bridgehead atoms. The quantitative estimate of drug-likeness (QED) is 0.553. The minimum absolute atomic E-state index is 0.376. The van der Waals surface area contributed by atoms with Crippen LogP contribution in [0, 0.1) is 5.92 Å². The fraction of sp³-hybridized carbons (Fsp3) is 0.846. The number of nitrogens with one attached hydrogen (secondary N) is 1. The molecule has 0 aromatic carbocycles. The minimum atomic E-state index is 0.376. The molecule has 2 heteroatoms. The average molecular weight is 210 g/mol. The Balaban J connectivity index is 2.56. The fourth-order valence-electron chi connectivity index (χ4n) is 2.76. The fourth-order valence-corrected chi connectivity index (χ4v) is 2.76. The van der Waals surface area contributed by atoms with Crippen molar-refractivity contribution >= 4 is 0 Å². The molecule has 0 saturated heterocycles. The summed E-state index contributed by atoms with van der Waals surface area (Å²) in [4.78, 5) is 2.42. The summed E-state index contributed by atoms with van der Waals surface area (Å²) in [5, 5.41) is 3.49. The molecule has 2 unspecified atom stereocenters. The van der Waals surface area contributed by atoms with E-state index in [1.165, 1.54) is 25.7 Å². The van der Waals surface area contributed by atoms with Crippen molar-refractivity contribution < 1.29 is 0 Å². The van der Waals surface area contributed by atoms with Crippen molar-refractivity contribution in [2.75, 3.05) is 27.2 Å². The molecule has 1 aliphatic carbocycles. The molecule has 0 amide bonds.